The fraction of sp³-hybridized carbons (Fsp3) is 0.875. The second-order valence-electron chi connectivity index (χ2n) is 3.68. The van der Waals surface area contributed by atoms with Gasteiger partial charge in [-0.3, -0.25) is 4.79 Å². The van der Waals surface area contributed by atoms with Crippen LogP contribution in [0.1, 0.15) is 6.92 Å². The molecule has 17 heavy (non-hydrogen) atoms. The molecule has 1 amide bonds. The van der Waals surface area contributed by atoms with Crippen LogP contribution in [0.4, 0.5) is 22.0 Å². The number of aliphatic hydroxyl groups is 1. The summed E-state index contributed by atoms with van der Waals surface area (Å²) in [5, 5.41) is 10.9. The minimum absolute atomic E-state index is 0.0882. The number of carbonyl (C=O) groups excluding carboxylic acids is 1. The fourth-order valence-electron chi connectivity index (χ4n) is 0.872. The van der Waals surface area contributed by atoms with Gasteiger partial charge in [0.25, 0.3) is 5.91 Å². The van der Waals surface area contributed by atoms with Crippen LogP contribution in [-0.4, -0.2) is 47.3 Å². The van der Waals surface area contributed by atoms with Crippen molar-refractivity contribution in [1.82, 2.24) is 5.32 Å². The summed E-state index contributed by atoms with van der Waals surface area (Å²) in [5.41, 5.74) is -1.54. The van der Waals surface area contributed by atoms with Crippen LogP contribution in [0.25, 0.3) is 0 Å². The molecule has 1 unspecified atom stereocenters. The van der Waals surface area contributed by atoms with E-state index in [-0.39, 0.29) is 5.75 Å². The molecule has 9 heteroatoms. The maximum Gasteiger partial charge on any atom is 0.463 e. The average molecular weight is 281 g/mol. The molecule has 0 saturated heterocycles. The number of hydrogen-bond donors (Lipinski definition) is 2. The molecule has 1 atom stereocenters. The summed E-state index contributed by atoms with van der Waals surface area (Å²) in [6, 6.07) is 0. The van der Waals surface area contributed by atoms with Crippen LogP contribution >= 0.6 is 11.8 Å². The lowest BCUT2D eigenvalue weighted by Crippen LogP contribution is -2.53. The Morgan fingerprint density at radius 3 is 2.12 bits per heavy atom. The first-order valence-electron chi connectivity index (χ1n) is 4.38. The van der Waals surface area contributed by atoms with Crippen LogP contribution in [0.5, 0.6) is 0 Å². The molecular formula is C8H12F5NO2S. The van der Waals surface area contributed by atoms with Crippen molar-refractivity contribution in [3.63, 3.8) is 0 Å². The van der Waals surface area contributed by atoms with E-state index >= 15 is 0 Å². The van der Waals surface area contributed by atoms with Crippen molar-refractivity contribution in [3.8, 4) is 0 Å². The third-order valence-electron chi connectivity index (χ3n) is 1.73. The van der Waals surface area contributed by atoms with E-state index in [9.17, 15) is 31.9 Å². The Labute approximate surface area is 98.8 Å². The maximum absolute atomic E-state index is 12.5. The van der Waals surface area contributed by atoms with Gasteiger partial charge in [-0.25, -0.2) is 0 Å². The lowest BCUT2D eigenvalue weighted by Gasteiger charge is -2.25. The second-order valence-corrected chi connectivity index (χ2v) is 4.55. The fourth-order valence-corrected chi connectivity index (χ4v) is 1.60. The molecular weight excluding hydrogens is 269 g/mol. The van der Waals surface area contributed by atoms with Crippen LogP contribution in [0.2, 0.25) is 0 Å². The van der Waals surface area contributed by atoms with Gasteiger partial charge in [0.1, 0.15) is 0 Å². The van der Waals surface area contributed by atoms with Gasteiger partial charge in [0.15, 0.2) is 0 Å². The largest absolute Gasteiger partial charge is 0.463 e. The van der Waals surface area contributed by atoms with Crippen molar-refractivity contribution in [2.75, 3.05) is 18.6 Å². The van der Waals surface area contributed by atoms with Gasteiger partial charge in [-0.05, 0) is 13.2 Å². The lowest BCUT2D eigenvalue weighted by molar-refractivity contribution is -0.270. The predicted molar refractivity (Wildman–Crippen MR) is 53.0 cm³/mol. The van der Waals surface area contributed by atoms with E-state index in [4.69, 9.17) is 0 Å². The van der Waals surface area contributed by atoms with E-state index in [1.807, 2.05) is 0 Å². The molecule has 0 aliphatic carbocycles. The summed E-state index contributed by atoms with van der Waals surface area (Å²) in [6.45, 7) is 0.536. The molecule has 0 heterocycles. The molecule has 0 rings (SSSR count). The normalized spacial score (nSPS) is 16.5. The monoisotopic (exact) mass is 281 g/mol. The van der Waals surface area contributed by atoms with Crippen LogP contribution in [0.15, 0.2) is 0 Å². The van der Waals surface area contributed by atoms with E-state index in [1.165, 1.54) is 12.2 Å². The average Bonchev–Trinajstić information content (AvgIpc) is 2.12. The summed E-state index contributed by atoms with van der Waals surface area (Å²) in [7, 11) is 0. The van der Waals surface area contributed by atoms with Crippen LogP contribution in [0, 0.1) is 0 Å². The van der Waals surface area contributed by atoms with E-state index in [2.05, 4.69) is 0 Å². The van der Waals surface area contributed by atoms with Crippen molar-refractivity contribution in [1.29, 1.82) is 0 Å². The zero-order chi connectivity index (χ0) is 13.9. The lowest BCUT2D eigenvalue weighted by atomic mass is 10.1. The molecule has 3 nitrogen and oxygen atoms in total. The molecule has 0 fully saturated rings. The third kappa shape index (κ3) is 4.66. The Hall–Kier alpha value is -0.570. The van der Waals surface area contributed by atoms with E-state index in [1.54, 1.807) is 6.26 Å². The van der Waals surface area contributed by atoms with Gasteiger partial charge >= 0.3 is 12.1 Å². The van der Waals surface area contributed by atoms with Crippen molar-refractivity contribution in [3.05, 3.63) is 0 Å². The molecule has 0 bridgehead atoms. The molecule has 0 aromatic carbocycles. The Balaban J connectivity index is 4.48. The number of rotatable bonds is 5. The topological polar surface area (TPSA) is 49.3 Å². The first kappa shape index (κ1) is 16.4. The molecule has 0 aromatic heterocycles. The first-order chi connectivity index (χ1) is 7.44. The quantitative estimate of drug-likeness (QED) is 0.749. The summed E-state index contributed by atoms with van der Waals surface area (Å²) in [5.74, 6) is -7.83. The third-order valence-corrected chi connectivity index (χ3v) is 2.64. The molecule has 2 N–H and O–H groups in total. The van der Waals surface area contributed by atoms with Gasteiger partial charge in [0.2, 0.25) is 0 Å². The minimum atomic E-state index is -5.94. The van der Waals surface area contributed by atoms with Crippen molar-refractivity contribution >= 4 is 17.7 Å². The highest BCUT2D eigenvalue weighted by Crippen LogP contribution is 2.35. The van der Waals surface area contributed by atoms with E-state index in [0.717, 1.165) is 11.8 Å². The van der Waals surface area contributed by atoms with Crippen molar-refractivity contribution in [2.45, 2.75) is 24.6 Å². The number of thioether (sulfide) groups is 1. The zero-order valence-corrected chi connectivity index (χ0v) is 9.88. The number of alkyl halides is 5. The number of carbonyl (C=O) groups is 1. The van der Waals surface area contributed by atoms with Crippen molar-refractivity contribution in [2.24, 2.45) is 0 Å². The van der Waals surface area contributed by atoms with Gasteiger partial charge in [-0.15, -0.1) is 0 Å². The van der Waals surface area contributed by atoms with Gasteiger partial charge in [-0.2, -0.15) is 33.7 Å². The van der Waals surface area contributed by atoms with Crippen LogP contribution < -0.4 is 5.32 Å². The van der Waals surface area contributed by atoms with Crippen molar-refractivity contribution < 1.29 is 31.9 Å². The number of amides is 1. The molecule has 0 radical (unpaired) electrons. The highest BCUT2D eigenvalue weighted by Gasteiger charge is 2.63. The van der Waals surface area contributed by atoms with Gasteiger partial charge < -0.3 is 10.4 Å². The maximum atomic E-state index is 12.5. The number of halogens is 5. The van der Waals surface area contributed by atoms with Crippen LogP contribution in [-0.2, 0) is 4.79 Å². The van der Waals surface area contributed by atoms with Crippen LogP contribution in [0.3, 0.4) is 0 Å². The van der Waals surface area contributed by atoms with Gasteiger partial charge in [0, 0.05) is 12.3 Å². The summed E-state index contributed by atoms with van der Waals surface area (Å²) in [6.07, 6.45) is -4.33. The number of nitrogens with one attached hydrogen (secondary N) is 1. The Bertz CT molecular complexity index is 280. The molecule has 0 aliphatic rings. The molecule has 102 valence electrons. The molecule has 0 spiro atoms. The standard InChI is InChI=1S/C8H12F5NO2S/c1-6(16,4-17-2)3-14-5(15)7(9,10)8(11,12)13/h16H,3-4H2,1-2H3,(H,14,15). The van der Waals surface area contributed by atoms with Gasteiger partial charge in [0.05, 0.1) is 5.60 Å². The Morgan fingerprint density at radius 1 is 1.29 bits per heavy atom. The second kappa shape index (κ2) is 5.38. The van der Waals surface area contributed by atoms with E-state index < -0.39 is 30.2 Å². The first-order valence-corrected chi connectivity index (χ1v) is 5.77. The van der Waals surface area contributed by atoms with E-state index in [0.29, 0.717) is 0 Å². The Morgan fingerprint density at radius 2 is 1.76 bits per heavy atom. The minimum Gasteiger partial charge on any atom is -0.387 e. The summed E-state index contributed by atoms with van der Waals surface area (Å²) < 4.78 is 60.2. The summed E-state index contributed by atoms with van der Waals surface area (Å²) in [4.78, 5) is 10.7. The Kier molecular flexibility index (Phi) is 5.20. The molecule has 0 saturated carbocycles. The zero-order valence-electron chi connectivity index (χ0n) is 9.07. The van der Waals surface area contributed by atoms with Gasteiger partial charge in [-0.1, -0.05) is 0 Å². The number of hydrogen-bond acceptors (Lipinski definition) is 3. The molecule has 0 aromatic rings. The highest BCUT2D eigenvalue weighted by atomic mass is 32.2. The SMILES string of the molecule is CSCC(C)(O)CNC(=O)C(F)(F)C(F)(F)F. The molecule has 0 aliphatic heterocycles. The summed E-state index contributed by atoms with van der Waals surface area (Å²) >= 11 is 1.16. The predicted octanol–water partition coefficient (Wildman–Crippen LogP) is 1.41. The smallest absolute Gasteiger partial charge is 0.387 e. The highest BCUT2D eigenvalue weighted by molar-refractivity contribution is 7.98.